The summed E-state index contributed by atoms with van der Waals surface area (Å²) in [6.07, 6.45) is 3.12. The number of hydrogen-bond donors (Lipinski definition) is 0. The number of benzene rings is 3. The highest BCUT2D eigenvalue weighted by Gasteiger charge is 2.36. The molecule has 2 fully saturated rings. The van der Waals surface area contributed by atoms with E-state index in [2.05, 4.69) is 55.7 Å². The number of aromatic nitrogens is 2. The molecule has 0 radical (unpaired) electrons. The number of hydrogen-bond acceptors (Lipinski definition) is 2. The maximum absolute atomic E-state index is 13.3. The van der Waals surface area contributed by atoms with Gasteiger partial charge in [0.25, 0.3) is 0 Å². The van der Waals surface area contributed by atoms with E-state index in [1.165, 1.54) is 12.1 Å². The van der Waals surface area contributed by atoms with Crippen molar-refractivity contribution in [3.8, 4) is 22.5 Å². The van der Waals surface area contributed by atoms with Crippen LogP contribution in [0.1, 0.15) is 19.3 Å². The number of para-hydroxylation sites is 1. The van der Waals surface area contributed by atoms with Gasteiger partial charge in [0.2, 0.25) is 5.91 Å². The van der Waals surface area contributed by atoms with Crippen molar-refractivity contribution in [3.05, 3.63) is 77.0 Å². The number of carbonyl (C=O) groups excluding carboxylic acids is 1. The highest BCUT2D eigenvalue weighted by molar-refractivity contribution is 9.10. The molecule has 1 saturated heterocycles. The van der Waals surface area contributed by atoms with E-state index in [4.69, 9.17) is 4.98 Å². The van der Waals surface area contributed by atoms with Crippen molar-refractivity contribution in [1.29, 1.82) is 0 Å². The zero-order chi connectivity index (χ0) is 23.2. The van der Waals surface area contributed by atoms with Crippen LogP contribution in [-0.2, 0) is 11.3 Å². The molecule has 2 heterocycles. The van der Waals surface area contributed by atoms with Crippen LogP contribution in [0.3, 0.4) is 0 Å². The van der Waals surface area contributed by atoms with Crippen LogP contribution >= 0.6 is 15.9 Å². The Morgan fingerprint density at radius 2 is 1.62 bits per heavy atom. The summed E-state index contributed by atoms with van der Waals surface area (Å²) in [5, 5.41) is 0. The summed E-state index contributed by atoms with van der Waals surface area (Å²) < 4.78 is 16.6. The van der Waals surface area contributed by atoms with Crippen LogP contribution in [0.2, 0.25) is 0 Å². The molecule has 6 heteroatoms. The van der Waals surface area contributed by atoms with Crippen LogP contribution in [-0.4, -0.2) is 33.4 Å². The third-order valence-corrected chi connectivity index (χ3v) is 7.64. The molecule has 2 aliphatic rings. The Morgan fingerprint density at radius 3 is 2.32 bits per heavy atom. The number of carbonyl (C=O) groups is 1. The number of likely N-dealkylation sites (tertiary alicyclic amines) is 1. The lowest BCUT2D eigenvalue weighted by atomic mass is 10.0. The molecule has 0 N–H and O–H groups in total. The lowest BCUT2D eigenvalue weighted by Crippen LogP contribution is -2.30. The van der Waals surface area contributed by atoms with Gasteiger partial charge in [0.15, 0.2) is 0 Å². The molecule has 1 aromatic heterocycles. The largest absolute Gasteiger partial charge is 0.342 e. The van der Waals surface area contributed by atoms with Crippen molar-refractivity contribution >= 4 is 32.9 Å². The second-order valence-electron chi connectivity index (χ2n) is 9.45. The predicted octanol–water partition coefficient (Wildman–Crippen LogP) is 6.53. The van der Waals surface area contributed by atoms with Crippen LogP contribution in [0.5, 0.6) is 0 Å². The number of amides is 1. The van der Waals surface area contributed by atoms with Gasteiger partial charge in [-0.3, -0.25) is 4.79 Å². The van der Waals surface area contributed by atoms with E-state index in [9.17, 15) is 9.18 Å². The number of fused-ring (bicyclic) bond motifs is 1. The molecule has 0 bridgehead atoms. The average Bonchev–Trinajstić information content (AvgIpc) is 3.49. The maximum Gasteiger partial charge on any atom is 0.225 e. The first-order chi connectivity index (χ1) is 16.6. The van der Waals surface area contributed by atoms with Gasteiger partial charge in [0, 0.05) is 35.6 Å². The van der Waals surface area contributed by atoms with Gasteiger partial charge in [0.05, 0.1) is 11.0 Å². The van der Waals surface area contributed by atoms with Crippen molar-refractivity contribution in [3.63, 3.8) is 0 Å². The van der Waals surface area contributed by atoms with E-state index >= 15 is 0 Å². The first-order valence-electron chi connectivity index (χ1n) is 11.9. The molecule has 0 spiro atoms. The molecular formula is C28H25BrFN3O. The molecule has 34 heavy (non-hydrogen) atoms. The van der Waals surface area contributed by atoms with E-state index in [0.29, 0.717) is 11.8 Å². The fraction of sp³-hybridized carbons (Fsp3) is 0.286. The fourth-order valence-corrected chi connectivity index (χ4v) is 5.59. The molecule has 1 amide bonds. The highest BCUT2D eigenvalue weighted by atomic mass is 79.9. The lowest BCUT2D eigenvalue weighted by molar-refractivity contribution is -0.131. The molecule has 1 atom stereocenters. The summed E-state index contributed by atoms with van der Waals surface area (Å²) in [6, 6.07) is 21.0. The minimum absolute atomic E-state index is 0.232. The van der Waals surface area contributed by atoms with Crippen LogP contribution in [0.25, 0.3) is 33.5 Å². The SMILES string of the molecule is O=C(C1CC1)N1CCC(Cn2c(-c3ccc(-c4ccc(F)cc4)cc3)nc3cccc(Br)c32)C1. The van der Waals surface area contributed by atoms with Crippen molar-refractivity contribution < 1.29 is 9.18 Å². The Labute approximate surface area is 206 Å². The zero-order valence-electron chi connectivity index (χ0n) is 18.8. The number of halogens is 2. The van der Waals surface area contributed by atoms with Crippen LogP contribution in [0, 0.1) is 17.7 Å². The van der Waals surface area contributed by atoms with Crippen molar-refractivity contribution in [2.45, 2.75) is 25.8 Å². The van der Waals surface area contributed by atoms with Gasteiger partial charge in [-0.25, -0.2) is 9.37 Å². The summed E-state index contributed by atoms with van der Waals surface area (Å²) in [4.78, 5) is 19.6. The van der Waals surface area contributed by atoms with E-state index < -0.39 is 0 Å². The molecule has 3 aromatic carbocycles. The van der Waals surface area contributed by atoms with Crippen molar-refractivity contribution in [2.24, 2.45) is 11.8 Å². The Bertz CT molecular complexity index is 1360. The maximum atomic E-state index is 13.3. The minimum Gasteiger partial charge on any atom is -0.342 e. The third-order valence-electron chi connectivity index (χ3n) is 7.00. The van der Waals surface area contributed by atoms with E-state index in [-0.39, 0.29) is 11.7 Å². The van der Waals surface area contributed by atoms with Crippen LogP contribution in [0.4, 0.5) is 4.39 Å². The fourth-order valence-electron chi connectivity index (χ4n) is 5.02. The van der Waals surface area contributed by atoms with Gasteiger partial charge in [0.1, 0.15) is 11.6 Å². The highest BCUT2D eigenvalue weighted by Crippen LogP contribution is 2.35. The smallest absolute Gasteiger partial charge is 0.225 e. The normalized spacial score (nSPS) is 18.1. The first-order valence-corrected chi connectivity index (χ1v) is 12.7. The van der Waals surface area contributed by atoms with Crippen molar-refractivity contribution in [2.75, 3.05) is 13.1 Å². The number of imidazole rings is 1. The molecule has 4 aromatic rings. The third kappa shape index (κ3) is 4.05. The molecule has 1 saturated carbocycles. The Morgan fingerprint density at radius 1 is 0.941 bits per heavy atom. The van der Waals surface area contributed by atoms with E-state index in [1.54, 1.807) is 12.1 Å². The van der Waals surface area contributed by atoms with Gasteiger partial charge < -0.3 is 9.47 Å². The molecule has 1 unspecified atom stereocenters. The number of rotatable bonds is 5. The first kappa shape index (κ1) is 21.5. The summed E-state index contributed by atoms with van der Waals surface area (Å²) in [6.45, 7) is 2.50. The van der Waals surface area contributed by atoms with Gasteiger partial charge in [-0.1, -0.05) is 42.5 Å². The summed E-state index contributed by atoms with van der Waals surface area (Å²) in [5.41, 5.74) is 5.11. The molecule has 172 valence electrons. The molecule has 6 rings (SSSR count). The Balaban J connectivity index is 1.33. The quantitative estimate of drug-likeness (QED) is 0.301. The van der Waals surface area contributed by atoms with E-state index in [1.807, 2.05) is 12.1 Å². The molecule has 1 aliphatic carbocycles. The minimum atomic E-state index is -0.232. The summed E-state index contributed by atoms with van der Waals surface area (Å²) >= 11 is 3.74. The second kappa shape index (κ2) is 8.66. The topological polar surface area (TPSA) is 38.1 Å². The van der Waals surface area contributed by atoms with Gasteiger partial charge in [-0.15, -0.1) is 0 Å². The molecule has 1 aliphatic heterocycles. The second-order valence-corrected chi connectivity index (χ2v) is 10.3. The zero-order valence-corrected chi connectivity index (χ0v) is 20.3. The number of nitrogens with zero attached hydrogens (tertiary/aromatic N) is 3. The molecular weight excluding hydrogens is 493 g/mol. The van der Waals surface area contributed by atoms with Gasteiger partial charge >= 0.3 is 0 Å². The lowest BCUT2D eigenvalue weighted by Gasteiger charge is -2.18. The van der Waals surface area contributed by atoms with Gasteiger partial charge in [-0.2, -0.15) is 0 Å². The van der Waals surface area contributed by atoms with Crippen molar-refractivity contribution in [1.82, 2.24) is 14.5 Å². The molecule has 4 nitrogen and oxygen atoms in total. The standard InChI is InChI=1S/C28H25BrFN3O/c29-24-2-1-3-25-26(24)33(17-18-14-15-32(16-18)28(34)22-8-9-22)27(31-25)21-6-4-19(5-7-21)20-10-12-23(30)13-11-20/h1-7,10-13,18,22H,8-9,14-17H2. The summed E-state index contributed by atoms with van der Waals surface area (Å²) in [7, 11) is 0. The van der Waals surface area contributed by atoms with Gasteiger partial charge in [-0.05, 0) is 76.5 Å². The predicted molar refractivity (Wildman–Crippen MR) is 136 cm³/mol. The van der Waals surface area contributed by atoms with Crippen LogP contribution in [0.15, 0.2) is 71.2 Å². The van der Waals surface area contributed by atoms with E-state index in [0.717, 1.165) is 76.9 Å². The van der Waals surface area contributed by atoms with Crippen LogP contribution < -0.4 is 0 Å². The monoisotopic (exact) mass is 517 g/mol. The Hall–Kier alpha value is -2.99. The Kier molecular flexibility index (Phi) is 5.48. The summed E-state index contributed by atoms with van der Waals surface area (Å²) in [5.74, 6) is 1.72. The average molecular weight is 518 g/mol.